The molecule has 1 aliphatic rings. The summed E-state index contributed by atoms with van der Waals surface area (Å²) in [6.07, 6.45) is 3.25. The van der Waals surface area contributed by atoms with Crippen LogP contribution in [0.1, 0.15) is 5.56 Å². The number of likely N-dealkylation sites (N-methyl/N-ethyl adjacent to an activating group) is 1. The highest BCUT2D eigenvalue weighted by atomic mass is 32.1. The monoisotopic (exact) mass is 438 g/mol. The SMILES string of the molecule is COc1ccc(/C=C\C(=O)Nc2ccc3nc(N4CCN(C)CC4)sc3c2)cc1OC. The maximum absolute atomic E-state index is 12.4. The van der Waals surface area contributed by atoms with Crippen LogP contribution in [0.4, 0.5) is 10.8 Å². The zero-order chi connectivity index (χ0) is 21.8. The van der Waals surface area contributed by atoms with Gasteiger partial charge in [0.2, 0.25) is 5.91 Å². The quantitative estimate of drug-likeness (QED) is 0.592. The van der Waals surface area contributed by atoms with Crippen molar-refractivity contribution in [3.63, 3.8) is 0 Å². The van der Waals surface area contributed by atoms with Gasteiger partial charge in [0.15, 0.2) is 16.6 Å². The van der Waals surface area contributed by atoms with Crippen molar-refractivity contribution in [2.24, 2.45) is 0 Å². The molecule has 0 atom stereocenters. The third-order valence-electron chi connectivity index (χ3n) is 5.25. The van der Waals surface area contributed by atoms with E-state index in [2.05, 4.69) is 22.2 Å². The molecule has 162 valence electrons. The number of benzene rings is 2. The van der Waals surface area contributed by atoms with Gasteiger partial charge in [-0.3, -0.25) is 4.79 Å². The molecule has 0 aliphatic carbocycles. The second-order valence-corrected chi connectivity index (χ2v) is 8.42. The highest BCUT2D eigenvalue weighted by Crippen LogP contribution is 2.31. The lowest BCUT2D eigenvalue weighted by atomic mass is 10.2. The Morgan fingerprint density at radius 1 is 1.06 bits per heavy atom. The van der Waals surface area contributed by atoms with Crippen molar-refractivity contribution >= 4 is 44.4 Å². The number of fused-ring (bicyclic) bond motifs is 1. The fraction of sp³-hybridized carbons (Fsp3) is 0.304. The summed E-state index contributed by atoms with van der Waals surface area (Å²) in [7, 11) is 5.32. The van der Waals surface area contributed by atoms with E-state index < -0.39 is 0 Å². The van der Waals surface area contributed by atoms with Gasteiger partial charge in [0.25, 0.3) is 0 Å². The fourth-order valence-corrected chi connectivity index (χ4v) is 4.49. The molecule has 1 saturated heterocycles. The molecule has 0 radical (unpaired) electrons. The molecule has 0 spiro atoms. The third-order valence-corrected chi connectivity index (χ3v) is 6.33. The second-order valence-electron chi connectivity index (χ2n) is 7.41. The Bertz CT molecular complexity index is 1100. The summed E-state index contributed by atoms with van der Waals surface area (Å²) in [6, 6.07) is 11.3. The van der Waals surface area contributed by atoms with E-state index in [1.165, 1.54) is 6.08 Å². The standard InChI is InChI=1S/C23H26N4O3S/c1-26-10-12-27(13-11-26)23-25-18-7-6-17(15-21(18)31-23)24-22(28)9-5-16-4-8-19(29-2)20(14-16)30-3/h4-9,14-15H,10-13H2,1-3H3,(H,24,28)/b9-5-. The number of carbonyl (C=O) groups is 1. The highest BCUT2D eigenvalue weighted by Gasteiger charge is 2.17. The van der Waals surface area contributed by atoms with Crippen LogP contribution in [-0.4, -0.2) is 63.2 Å². The Hall–Kier alpha value is -3.10. The van der Waals surface area contributed by atoms with E-state index in [1.807, 2.05) is 36.4 Å². The Kier molecular flexibility index (Phi) is 6.39. The Morgan fingerprint density at radius 2 is 1.84 bits per heavy atom. The van der Waals surface area contributed by atoms with Crippen LogP contribution >= 0.6 is 11.3 Å². The zero-order valence-electron chi connectivity index (χ0n) is 17.9. The van der Waals surface area contributed by atoms with Crippen molar-refractivity contribution in [2.45, 2.75) is 0 Å². The van der Waals surface area contributed by atoms with Crippen LogP contribution in [0.2, 0.25) is 0 Å². The van der Waals surface area contributed by atoms with Crippen LogP contribution in [-0.2, 0) is 4.79 Å². The van der Waals surface area contributed by atoms with Gasteiger partial charge in [0.05, 0.1) is 24.4 Å². The molecule has 1 amide bonds. The Morgan fingerprint density at radius 3 is 2.58 bits per heavy atom. The number of thiazole rings is 1. The van der Waals surface area contributed by atoms with Crippen LogP contribution in [0.15, 0.2) is 42.5 Å². The molecule has 4 rings (SSSR count). The van der Waals surface area contributed by atoms with Crippen molar-refractivity contribution in [1.82, 2.24) is 9.88 Å². The molecule has 1 aliphatic heterocycles. The van der Waals surface area contributed by atoms with Gasteiger partial charge in [0, 0.05) is 37.9 Å². The molecule has 2 aromatic carbocycles. The van der Waals surface area contributed by atoms with E-state index in [4.69, 9.17) is 14.5 Å². The van der Waals surface area contributed by atoms with Crippen molar-refractivity contribution < 1.29 is 14.3 Å². The van der Waals surface area contributed by atoms with Crippen LogP contribution < -0.4 is 19.7 Å². The Labute approximate surface area is 185 Å². The van der Waals surface area contributed by atoms with E-state index >= 15 is 0 Å². The van der Waals surface area contributed by atoms with Gasteiger partial charge in [-0.05, 0) is 49.0 Å². The molecule has 0 saturated carbocycles. The molecule has 0 unspecified atom stereocenters. The fourth-order valence-electron chi connectivity index (χ4n) is 3.44. The van der Waals surface area contributed by atoms with Gasteiger partial charge in [-0.15, -0.1) is 0 Å². The average Bonchev–Trinajstić information content (AvgIpc) is 3.21. The highest BCUT2D eigenvalue weighted by molar-refractivity contribution is 7.22. The lowest BCUT2D eigenvalue weighted by Gasteiger charge is -2.31. The summed E-state index contributed by atoms with van der Waals surface area (Å²) in [4.78, 5) is 21.8. The van der Waals surface area contributed by atoms with Crippen molar-refractivity contribution in [2.75, 3.05) is 57.7 Å². The summed E-state index contributed by atoms with van der Waals surface area (Å²) in [5, 5.41) is 3.97. The van der Waals surface area contributed by atoms with E-state index in [0.29, 0.717) is 11.5 Å². The number of nitrogens with one attached hydrogen (secondary N) is 1. The topological polar surface area (TPSA) is 66.9 Å². The number of hydrogen-bond acceptors (Lipinski definition) is 7. The number of amides is 1. The summed E-state index contributed by atoms with van der Waals surface area (Å²) in [6.45, 7) is 4.06. The number of carbonyl (C=O) groups excluding carboxylic acids is 1. The lowest BCUT2D eigenvalue weighted by molar-refractivity contribution is -0.111. The first-order valence-corrected chi connectivity index (χ1v) is 10.9. The molecule has 1 fully saturated rings. The predicted octanol–water partition coefficient (Wildman–Crippen LogP) is 3.72. The number of anilines is 2. The largest absolute Gasteiger partial charge is 0.493 e. The maximum Gasteiger partial charge on any atom is 0.248 e. The summed E-state index contributed by atoms with van der Waals surface area (Å²) >= 11 is 1.67. The minimum atomic E-state index is -0.196. The molecule has 2 heterocycles. The number of methoxy groups -OCH3 is 2. The molecular formula is C23H26N4O3S. The van der Waals surface area contributed by atoms with E-state index in [-0.39, 0.29) is 5.91 Å². The van der Waals surface area contributed by atoms with Gasteiger partial charge >= 0.3 is 0 Å². The van der Waals surface area contributed by atoms with Gasteiger partial charge < -0.3 is 24.6 Å². The van der Waals surface area contributed by atoms with Crippen LogP contribution in [0.5, 0.6) is 11.5 Å². The average molecular weight is 439 g/mol. The van der Waals surface area contributed by atoms with Crippen molar-refractivity contribution in [3.05, 3.63) is 48.0 Å². The maximum atomic E-state index is 12.4. The third kappa shape index (κ3) is 4.98. The first kappa shape index (κ1) is 21.1. The molecule has 7 nitrogen and oxygen atoms in total. The normalized spacial score (nSPS) is 14.9. The zero-order valence-corrected chi connectivity index (χ0v) is 18.7. The molecule has 1 N–H and O–H groups in total. The molecule has 31 heavy (non-hydrogen) atoms. The molecule has 8 heteroatoms. The molecule has 1 aromatic heterocycles. The molecule has 0 bridgehead atoms. The summed E-state index contributed by atoms with van der Waals surface area (Å²) in [5.41, 5.74) is 2.56. The van der Waals surface area contributed by atoms with E-state index in [9.17, 15) is 4.79 Å². The van der Waals surface area contributed by atoms with Crippen molar-refractivity contribution in [1.29, 1.82) is 0 Å². The number of piperazine rings is 1. The second kappa shape index (κ2) is 9.36. The number of ether oxygens (including phenoxy) is 2. The number of nitrogens with zero attached hydrogens (tertiary/aromatic N) is 3. The van der Waals surface area contributed by atoms with Crippen LogP contribution in [0.3, 0.4) is 0 Å². The minimum Gasteiger partial charge on any atom is -0.493 e. The van der Waals surface area contributed by atoms with Crippen molar-refractivity contribution in [3.8, 4) is 11.5 Å². The van der Waals surface area contributed by atoms with Gasteiger partial charge in [0.1, 0.15) is 0 Å². The first-order valence-electron chi connectivity index (χ1n) is 10.1. The Balaban J connectivity index is 1.43. The number of aromatic nitrogens is 1. The van der Waals surface area contributed by atoms with Gasteiger partial charge in [-0.25, -0.2) is 4.98 Å². The van der Waals surface area contributed by atoms with E-state index in [0.717, 1.165) is 52.8 Å². The van der Waals surface area contributed by atoms with Gasteiger partial charge in [-0.2, -0.15) is 0 Å². The van der Waals surface area contributed by atoms with Crippen LogP contribution in [0, 0.1) is 0 Å². The molecular weight excluding hydrogens is 412 g/mol. The molecule has 3 aromatic rings. The smallest absolute Gasteiger partial charge is 0.248 e. The summed E-state index contributed by atoms with van der Waals surface area (Å²) in [5.74, 6) is 1.08. The lowest BCUT2D eigenvalue weighted by Crippen LogP contribution is -2.44. The number of hydrogen-bond donors (Lipinski definition) is 1. The summed E-state index contributed by atoms with van der Waals surface area (Å²) < 4.78 is 11.6. The predicted molar refractivity (Wildman–Crippen MR) is 127 cm³/mol. The first-order chi connectivity index (χ1) is 15.1. The van der Waals surface area contributed by atoms with E-state index in [1.54, 1.807) is 31.6 Å². The van der Waals surface area contributed by atoms with Gasteiger partial charge in [-0.1, -0.05) is 17.4 Å². The van der Waals surface area contributed by atoms with Crippen LogP contribution in [0.25, 0.3) is 16.3 Å². The number of rotatable bonds is 6. The minimum absolute atomic E-state index is 0.196.